The number of nitrogens with one attached hydrogen (secondary N) is 1. The average Bonchev–Trinajstić information content (AvgIpc) is 3.39. The highest BCUT2D eigenvalue weighted by atomic mass is 35.5. The zero-order valence-corrected chi connectivity index (χ0v) is 16.6. The molecule has 1 atom stereocenters. The van der Waals surface area contributed by atoms with Crippen molar-refractivity contribution in [2.75, 3.05) is 31.6 Å². The molecule has 0 amide bonds. The van der Waals surface area contributed by atoms with Crippen molar-refractivity contribution < 1.29 is 23.8 Å². The van der Waals surface area contributed by atoms with Gasteiger partial charge in [0.1, 0.15) is 17.1 Å². The molecule has 7 nitrogen and oxygen atoms in total. The molecule has 1 saturated carbocycles. The largest absolute Gasteiger partial charge is 0.477 e. The Morgan fingerprint density at radius 2 is 2.07 bits per heavy atom. The molecule has 1 unspecified atom stereocenters. The molecule has 10 heteroatoms. The van der Waals surface area contributed by atoms with Gasteiger partial charge in [-0.15, -0.1) is 12.4 Å². The summed E-state index contributed by atoms with van der Waals surface area (Å²) in [7, 11) is 1.69. The molecule has 1 aromatic carbocycles. The number of hydrogen-bond acceptors (Lipinski definition) is 5. The highest BCUT2D eigenvalue weighted by Gasteiger charge is 2.38. The maximum Gasteiger partial charge on any atom is 0.341 e. The predicted octanol–water partition coefficient (Wildman–Crippen LogP) is 1.90. The van der Waals surface area contributed by atoms with Crippen LogP contribution in [0.4, 0.5) is 14.5 Å². The first-order valence-electron chi connectivity index (χ1n) is 9.18. The van der Waals surface area contributed by atoms with Crippen molar-refractivity contribution in [2.45, 2.75) is 30.9 Å². The van der Waals surface area contributed by atoms with E-state index < -0.39 is 34.2 Å². The smallest absolute Gasteiger partial charge is 0.341 e. The van der Waals surface area contributed by atoms with E-state index in [0.717, 1.165) is 25.1 Å². The van der Waals surface area contributed by atoms with Crippen molar-refractivity contribution in [3.63, 3.8) is 0 Å². The van der Waals surface area contributed by atoms with Gasteiger partial charge in [-0.1, -0.05) is 0 Å². The standard InChI is InChI=1S/C19H21F2N3O4.ClH/c1-22-8-19(28)4-5-23(9-19)16-13(20)6-11-15(14(16)21)24(10-2-3-10)7-12(17(11)25)18(26)27;/h6-7,10,22,28H,2-5,8-9H2,1H3,(H,26,27);1H. The number of carbonyl (C=O) groups is 1. The third-order valence-corrected chi connectivity index (χ3v) is 5.51. The Kier molecular flexibility index (Phi) is 5.59. The molecular weight excluding hydrogens is 408 g/mol. The van der Waals surface area contributed by atoms with Crippen molar-refractivity contribution in [2.24, 2.45) is 0 Å². The van der Waals surface area contributed by atoms with Gasteiger partial charge in [-0.05, 0) is 32.4 Å². The molecule has 1 saturated heterocycles. The van der Waals surface area contributed by atoms with Gasteiger partial charge >= 0.3 is 5.97 Å². The summed E-state index contributed by atoms with van der Waals surface area (Å²) in [4.78, 5) is 25.3. The minimum Gasteiger partial charge on any atom is -0.477 e. The fourth-order valence-electron chi connectivity index (χ4n) is 4.04. The number of halogens is 3. The summed E-state index contributed by atoms with van der Waals surface area (Å²) >= 11 is 0. The Morgan fingerprint density at radius 3 is 2.66 bits per heavy atom. The zero-order valence-electron chi connectivity index (χ0n) is 15.7. The van der Waals surface area contributed by atoms with Gasteiger partial charge in [0.15, 0.2) is 5.82 Å². The van der Waals surface area contributed by atoms with E-state index in [4.69, 9.17) is 0 Å². The maximum absolute atomic E-state index is 15.5. The number of hydrogen-bond donors (Lipinski definition) is 3. The van der Waals surface area contributed by atoms with E-state index in [1.807, 2.05) is 0 Å². The van der Waals surface area contributed by atoms with Crippen LogP contribution in [0, 0.1) is 11.6 Å². The lowest BCUT2D eigenvalue weighted by Crippen LogP contribution is -2.42. The molecule has 0 spiro atoms. The van der Waals surface area contributed by atoms with E-state index in [-0.39, 0.29) is 54.7 Å². The second-order valence-corrected chi connectivity index (χ2v) is 7.66. The normalized spacial score (nSPS) is 21.4. The molecule has 4 rings (SSSR count). The van der Waals surface area contributed by atoms with Crippen molar-refractivity contribution in [3.05, 3.63) is 39.7 Å². The lowest BCUT2D eigenvalue weighted by Gasteiger charge is -2.25. The Morgan fingerprint density at radius 1 is 1.38 bits per heavy atom. The van der Waals surface area contributed by atoms with Crippen LogP contribution in [-0.4, -0.2) is 53.0 Å². The van der Waals surface area contributed by atoms with Crippen molar-refractivity contribution in [3.8, 4) is 0 Å². The Labute approximate surface area is 171 Å². The van der Waals surface area contributed by atoms with Crippen LogP contribution in [0.1, 0.15) is 35.7 Å². The molecular formula is C19H22ClF2N3O4. The summed E-state index contributed by atoms with van der Waals surface area (Å²) in [6.45, 7) is 0.599. The minimum atomic E-state index is -1.43. The number of carboxylic acid groups (broad SMARTS) is 1. The number of β-amino-alcohol motifs (C(OH)–C–C–N with tert-alkyl or cyclic N) is 1. The molecule has 2 heterocycles. The molecule has 3 N–H and O–H groups in total. The van der Waals surface area contributed by atoms with Crippen molar-refractivity contribution in [1.29, 1.82) is 0 Å². The molecule has 2 aromatic rings. The first kappa shape index (κ1) is 21.5. The van der Waals surface area contributed by atoms with Gasteiger partial charge in [0.05, 0.1) is 16.5 Å². The van der Waals surface area contributed by atoms with Crippen LogP contribution in [-0.2, 0) is 0 Å². The fraction of sp³-hybridized carbons (Fsp3) is 0.474. The van der Waals surface area contributed by atoms with Crippen molar-refractivity contribution in [1.82, 2.24) is 9.88 Å². The van der Waals surface area contributed by atoms with Crippen LogP contribution in [0.15, 0.2) is 17.1 Å². The maximum atomic E-state index is 15.5. The number of fused-ring (bicyclic) bond motifs is 1. The molecule has 158 valence electrons. The SMILES string of the molecule is CNCC1(O)CCN(c2c(F)cc3c(=O)c(C(=O)O)cn(C4CC4)c3c2F)C1.Cl. The summed E-state index contributed by atoms with van der Waals surface area (Å²) in [5, 5.41) is 22.4. The highest BCUT2D eigenvalue weighted by molar-refractivity contribution is 5.94. The van der Waals surface area contributed by atoms with Gasteiger partial charge in [-0.25, -0.2) is 13.6 Å². The summed E-state index contributed by atoms with van der Waals surface area (Å²) in [6.07, 6.45) is 2.96. The van der Waals surface area contributed by atoms with E-state index in [1.54, 1.807) is 7.05 Å². The van der Waals surface area contributed by atoms with E-state index >= 15 is 4.39 Å². The molecule has 0 bridgehead atoms. The van der Waals surface area contributed by atoms with Gasteiger partial charge in [-0.3, -0.25) is 4.79 Å². The second kappa shape index (κ2) is 7.55. The van der Waals surface area contributed by atoms with Crippen LogP contribution >= 0.6 is 12.4 Å². The first-order valence-corrected chi connectivity index (χ1v) is 9.18. The molecule has 1 aliphatic carbocycles. The third kappa shape index (κ3) is 3.58. The number of aromatic nitrogens is 1. The lowest BCUT2D eigenvalue weighted by atomic mass is 10.0. The third-order valence-electron chi connectivity index (χ3n) is 5.51. The number of anilines is 1. The monoisotopic (exact) mass is 429 g/mol. The number of likely N-dealkylation sites (N-methyl/N-ethyl adjacent to an activating group) is 1. The number of aromatic carboxylic acids is 1. The van der Waals surface area contributed by atoms with Crippen LogP contribution in [0.2, 0.25) is 0 Å². The number of pyridine rings is 1. The van der Waals surface area contributed by atoms with Gasteiger partial charge in [0.2, 0.25) is 5.43 Å². The van der Waals surface area contributed by atoms with E-state index in [9.17, 15) is 24.2 Å². The highest BCUT2D eigenvalue weighted by Crippen LogP contribution is 2.40. The number of nitrogens with zero attached hydrogens (tertiary/aromatic N) is 2. The fourth-order valence-corrected chi connectivity index (χ4v) is 4.04. The quantitative estimate of drug-likeness (QED) is 0.672. The summed E-state index contributed by atoms with van der Waals surface area (Å²) in [5.74, 6) is -3.27. The van der Waals surface area contributed by atoms with Crippen LogP contribution in [0.25, 0.3) is 10.9 Å². The average molecular weight is 430 g/mol. The summed E-state index contributed by atoms with van der Waals surface area (Å²) < 4.78 is 31.8. The predicted molar refractivity (Wildman–Crippen MR) is 106 cm³/mol. The molecule has 29 heavy (non-hydrogen) atoms. The van der Waals surface area contributed by atoms with Crippen molar-refractivity contribution >= 4 is 35.0 Å². The van der Waals surface area contributed by atoms with Crippen LogP contribution in [0.5, 0.6) is 0 Å². The van der Waals surface area contributed by atoms with Gasteiger partial charge < -0.3 is 25.0 Å². The Hall–Kier alpha value is -2.23. The van der Waals surface area contributed by atoms with Gasteiger partial charge in [0, 0.05) is 31.9 Å². The van der Waals surface area contributed by atoms with Gasteiger partial charge in [0.25, 0.3) is 0 Å². The lowest BCUT2D eigenvalue weighted by molar-refractivity contribution is 0.0649. The first-order chi connectivity index (χ1) is 13.3. The molecule has 0 radical (unpaired) electrons. The zero-order chi connectivity index (χ0) is 20.2. The number of aliphatic hydroxyl groups is 1. The van der Waals surface area contributed by atoms with Crippen LogP contribution < -0.4 is 15.6 Å². The number of carboxylic acids is 1. The van der Waals surface area contributed by atoms with E-state index in [0.29, 0.717) is 6.42 Å². The second-order valence-electron chi connectivity index (χ2n) is 7.66. The number of benzene rings is 1. The minimum absolute atomic E-state index is 0. The topological polar surface area (TPSA) is 94.8 Å². The van der Waals surface area contributed by atoms with E-state index in [1.165, 1.54) is 9.47 Å². The molecule has 2 fully saturated rings. The summed E-state index contributed by atoms with van der Waals surface area (Å²) in [6, 6.07) is 0.797. The molecule has 2 aliphatic rings. The molecule has 1 aromatic heterocycles. The number of rotatable bonds is 5. The van der Waals surface area contributed by atoms with E-state index in [2.05, 4.69) is 5.32 Å². The summed E-state index contributed by atoms with van der Waals surface area (Å²) in [5.41, 5.74) is -2.90. The molecule has 1 aliphatic heterocycles. The Bertz CT molecular complexity index is 1040. The van der Waals surface area contributed by atoms with Gasteiger partial charge in [-0.2, -0.15) is 0 Å². The Balaban J connectivity index is 0.00000240. The van der Waals surface area contributed by atoms with Crippen LogP contribution in [0.3, 0.4) is 0 Å².